The zero-order valence-corrected chi connectivity index (χ0v) is 19.8. The number of carbonyl (C=O) groups excluding carboxylic acids is 2. The smallest absolute Gasteiger partial charge is 0.249 e. The number of aromatic nitrogens is 4. The minimum absolute atomic E-state index is 0.148. The van der Waals surface area contributed by atoms with Crippen molar-refractivity contribution in [3.05, 3.63) is 76.0 Å². The van der Waals surface area contributed by atoms with Crippen molar-refractivity contribution in [1.82, 2.24) is 30.4 Å². The van der Waals surface area contributed by atoms with Crippen LogP contribution in [-0.4, -0.2) is 42.5 Å². The summed E-state index contributed by atoms with van der Waals surface area (Å²) < 4.78 is 2.47. The topological polar surface area (TPSA) is 93.0 Å². The van der Waals surface area contributed by atoms with Gasteiger partial charge in [-0.2, -0.15) is 0 Å². The van der Waals surface area contributed by atoms with E-state index in [1.165, 1.54) is 0 Å². The summed E-state index contributed by atoms with van der Waals surface area (Å²) in [5.74, 6) is 0.120. The molecular formula is C23H25BrN6O2. The van der Waals surface area contributed by atoms with Crippen molar-refractivity contribution in [2.75, 3.05) is 0 Å². The lowest BCUT2D eigenvalue weighted by Gasteiger charge is -2.38. The molecule has 2 aromatic carbocycles. The van der Waals surface area contributed by atoms with Crippen LogP contribution in [0.25, 0.3) is 0 Å². The predicted molar refractivity (Wildman–Crippen MR) is 122 cm³/mol. The molecule has 0 radical (unpaired) electrons. The molecule has 166 valence electrons. The maximum absolute atomic E-state index is 13.8. The fourth-order valence-corrected chi connectivity index (χ4v) is 4.13. The SMILES string of the molecule is CC(C)(C)NC(=O)C(c1ccc(Br)cc1)N1Cc2nnnn2C(Cc2ccccc2)C1=O. The van der Waals surface area contributed by atoms with Crippen LogP contribution in [0.1, 0.15) is 49.8 Å². The van der Waals surface area contributed by atoms with Crippen molar-refractivity contribution < 1.29 is 9.59 Å². The molecule has 2 heterocycles. The Balaban J connectivity index is 1.74. The average molecular weight is 497 g/mol. The number of halogens is 1. The Morgan fingerprint density at radius 2 is 1.84 bits per heavy atom. The normalized spacial score (nSPS) is 17.1. The first-order chi connectivity index (χ1) is 15.2. The van der Waals surface area contributed by atoms with Crippen LogP contribution < -0.4 is 5.32 Å². The summed E-state index contributed by atoms with van der Waals surface area (Å²) in [6, 6.07) is 15.7. The van der Waals surface area contributed by atoms with Crippen molar-refractivity contribution in [1.29, 1.82) is 0 Å². The molecule has 1 aromatic heterocycles. The number of hydrogen-bond acceptors (Lipinski definition) is 5. The van der Waals surface area contributed by atoms with Crippen LogP contribution in [-0.2, 0) is 22.6 Å². The van der Waals surface area contributed by atoms with E-state index in [1.54, 1.807) is 9.58 Å². The van der Waals surface area contributed by atoms with Gasteiger partial charge < -0.3 is 10.2 Å². The van der Waals surface area contributed by atoms with Gasteiger partial charge in [-0.05, 0) is 54.5 Å². The monoisotopic (exact) mass is 496 g/mol. The van der Waals surface area contributed by atoms with E-state index < -0.39 is 17.6 Å². The lowest BCUT2D eigenvalue weighted by molar-refractivity contribution is -0.147. The maximum atomic E-state index is 13.8. The number of carbonyl (C=O) groups is 2. The van der Waals surface area contributed by atoms with Gasteiger partial charge in [-0.25, -0.2) is 4.68 Å². The fraction of sp³-hybridized carbons (Fsp3) is 0.348. The Bertz CT molecular complexity index is 1110. The minimum Gasteiger partial charge on any atom is -0.349 e. The molecule has 2 amide bonds. The molecule has 32 heavy (non-hydrogen) atoms. The molecule has 2 unspecified atom stereocenters. The summed E-state index contributed by atoms with van der Waals surface area (Å²) in [4.78, 5) is 28.8. The molecular weight excluding hydrogens is 472 g/mol. The minimum atomic E-state index is -0.807. The third kappa shape index (κ3) is 4.72. The van der Waals surface area contributed by atoms with E-state index in [0.29, 0.717) is 12.2 Å². The molecule has 0 spiro atoms. The van der Waals surface area contributed by atoms with Crippen LogP contribution in [0.4, 0.5) is 0 Å². The van der Waals surface area contributed by atoms with Gasteiger partial charge in [0.25, 0.3) is 0 Å². The highest BCUT2D eigenvalue weighted by molar-refractivity contribution is 9.10. The molecule has 1 N–H and O–H groups in total. The predicted octanol–water partition coefficient (Wildman–Crippen LogP) is 3.22. The third-order valence-electron chi connectivity index (χ3n) is 5.25. The number of tetrazole rings is 1. The Labute approximate surface area is 195 Å². The van der Waals surface area contributed by atoms with E-state index in [1.807, 2.05) is 75.4 Å². The van der Waals surface area contributed by atoms with E-state index in [-0.39, 0.29) is 18.4 Å². The highest BCUT2D eigenvalue weighted by atomic mass is 79.9. The van der Waals surface area contributed by atoms with E-state index >= 15 is 0 Å². The number of hydrogen-bond donors (Lipinski definition) is 1. The van der Waals surface area contributed by atoms with E-state index in [0.717, 1.165) is 15.6 Å². The number of amides is 2. The lowest BCUT2D eigenvalue weighted by atomic mass is 9.98. The summed E-state index contributed by atoms with van der Waals surface area (Å²) in [5, 5.41) is 15.0. The molecule has 0 aliphatic carbocycles. The molecule has 8 nitrogen and oxygen atoms in total. The molecule has 0 saturated heterocycles. The number of nitrogens with one attached hydrogen (secondary N) is 1. The molecule has 1 aliphatic heterocycles. The number of nitrogens with zero attached hydrogens (tertiary/aromatic N) is 5. The van der Waals surface area contributed by atoms with E-state index in [9.17, 15) is 9.59 Å². The summed E-state index contributed by atoms with van der Waals surface area (Å²) in [6.07, 6.45) is 0.433. The molecule has 9 heteroatoms. The lowest BCUT2D eigenvalue weighted by Crippen LogP contribution is -2.52. The van der Waals surface area contributed by atoms with Gasteiger partial charge in [0.15, 0.2) is 5.82 Å². The van der Waals surface area contributed by atoms with Crippen LogP contribution >= 0.6 is 15.9 Å². The van der Waals surface area contributed by atoms with E-state index in [4.69, 9.17) is 0 Å². The largest absolute Gasteiger partial charge is 0.349 e. The summed E-state index contributed by atoms with van der Waals surface area (Å²) in [7, 11) is 0. The van der Waals surface area contributed by atoms with Crippen molar-refractivity contribution in [2.24, 2.45) is 0 Å². The number of rotatable bonds is 5. The first-order valence-corrected chi connectivity index (χ1v) is 11.2. The number of benzene rings is 2. The van der Waals surface area contributed by atoms with Gasteiger partial charge in [-0.3, -0.25) is 9.59 Å². The Morgan fingerprint density at radius 3 is 2.50 bits per heavy atom. The summed E-state index contributed by atoms with van der Waals surface area (Å²) in [5.41, 5.74) is 1.27. The molecule has 1 aliphatic rings. The van der Waals surface area contributed by atoms with Crippen molar-refractivity contribution in [3.63, 3.8) is 0 Å². The van der Waals surface area contributed by atoms with Crippen LogP contribution in [0.15, 0.2) is 59.1 Å². The average Bonchev–Trinajstić information content (AvgIpc) is 3.20. The Hall–Kier alpha value is -3.07. The zero-order chi connectivity index (χ0) is 22.9. The third-order valence-corrected chi connectivity index (χ3v) is 5.78. The van der Waals surface area contributed by atoms with Gasteiger partial charge in [0.2, 0.25) is 11.8 Å². The van der Waals surface area contributed by atoms with Gasteiger partial charge in [0.1, 0.15) is 12.1 Å². The second-order valence-corrected chi connectivity index (χ2v) is 9.82. The van der Waals surface area contributed by atoms with Crippen molar-refractivity contribution in [2.45, 2.75) is 51.4 Å². The Morgan fingerprint density at radius 1 is 1.16 bits per heavy atom. The molecule has 2 atom stereocenters. The van der Waals surface area contributed by atoms with Gasteiger partial charge in [0, 0.05) is 16.4 Å². The maximum Gasteiger partial charge on any atom is 0.249 e. The van der Waals surface area contributed by atoms with Gasteiger partial charge in [-0.1, -0.05) is 58.4 Å². The highest BCUT2D eigenvalue weighted by Crippen LogP contribution is 2.32. The van der Waals surface area contributed by atoms with Crippen LogP contribution in [0.5, 0.6) is 0 Å². The van der Waals surface area contributed by atoms with Crippen LogP contribution in [0, 0.1) is 0 Å². The summed E-state index contributed by atoms with van der Waals surface area (Å²) >= 11 is 3.44. The molecule has 3 aromatic rings. The fourth-order valence-electron chi connectivity index (χ4n) is 3.87. The molecule has 0 bridgehead atoms. The standard InChI is InChI=1S/C23H25BrN6O2/c1-23(2,3)25-21(31)20(16-9-11-17(24)12-10-16)29-14-19-26-27-28-30(19)18(22(29)32)13-15-7-5-4-6-8-15/h4-12,18,20H,13-14H2,1-3H3,(H,25,31). The second-order valence-electron chi connectivity index (χ2n) is 8.90. The second kappa shape index (κ2) is 8.82. The molecule has 4 rings (SSSR count). The van der Waals surface area contributed by atoms with Gasteiger partial charge in [-0.15, -0.1) is 5.10 Å². The summed E-state index contributed by atoms with van der Waals surface area (Å²) in [6.45, 7) is 5.90. The van der Waals surface area contributed by atoms with Gasteiger partial charge >= 0.3 is 0 Å². The Kier molecular flexibility index (Phi) is 6.10. The number of fused-ring (bicyclic) bond motifs is 1. The van der Waals surface area contributed by atoms with E-state index in [2.05, 4.69) is 36.8 Å². The van der Waals surface area contributed by atoms with Crippen molar-refractivity contribution in [3.8, 4) is 0 Å². The molecule has 0 saturated carbocycles. The quantitative estimate of drug-likeness (QED) is 0.585. The van der Waals surface area contributed by atoms with Crippen LogP contribution in [0.3, 0.4) is 0 Å². The zero-order valence-electron chi connectivity index (χ0n) is 18.2. The van der Waals surface area contributed by atoms with Gasteiger partial charge in [0.05, 0.1) is 6.54 Å². The van der Waals surface area contributed by atoms with Crippen molar-refractivity contribution >= 4 is 27.7 Å². The van der Waals surface area contributed by atoms with Crippen LogP contribution in [0.2, 0.25) is 0 Å². The first-order valence-electron chi connectivity index (χ1n) is 10.4. The first kappa shape index (κ1) is 22.1. The molecule has 0 fully saturated rings. The highest BCUT2D eigenvalue weighted by Gasteiger charge is 2.42.